The second-order valence-electron chi connectivity index (χ2n) is 5.80. The summed E-state index contributed by atoms with van der Waals surface area (Å²) in [5.74, 6) is -0.0701. The number of amides is 1. The van der Waals surface area contributed by atoms with Crippen LogP contribution >= 0.6 is 0 Å². The molecule has 1 aromatic heterocycles. The van der Waals surface area contributed by atoms with Crippen LogP contribution in [0.15, 0.2) is 48.5 Å². The van der Waals surface area contributed by atoms with Gasteiger partial charge in [0.25, 0.3) is 0 Å². The number of pyridine rings is 1. The molecule has 0 saturated carbocycles. The number of fused-ring (bicyclic) bond motifs is 1. The number of rotatable bonds is 3. The summed E-state index contributed by atoms with van der Waals surface area (Å²) in [7, 11) is 0. The lowest BCUT2D eigenvalue weighted by atomic mass is 10.1. The maximum atomic E-state index is 12.2. The van der Waals surface area contributed by atoms with Crippen molar-refractivity contribution in [2.45, 2.75) is 20.3 Å². The summed E-state index contributed by atoms with van der Waals surface area (Å²) in [6, 6.07) is 15.3. The molecule has 0 atom stereocenters. The van der Waals surface area contributed by atoms with E-state index in [4.69, 9.17) is 5.73 Å². The van der Waals surface area contributed by atoms with Crippen molar-refractivity contribution in [1.29, 1.82) is 0 Å². The Hall–Kier alpha value is -2.88. The van der Waals surface area contributed by atoms with Gasteiger partial charge in [-0.2, -0.15) is 0 Å². The predicted molar refractivity (Wildman–Crippen MR) is 94.4 cm³/mol. The van der Waals surface area contributed by atoms with Gasteiger partial charge in [0.15, 0.2) is 0 Å². The molecule has 23 heavy (non-hydrogen) atoms. The second kappa shape index (κ2) is 6.08. The van der Waals surface area contributed by atoms with Crippen molar-refractivity contribution in [3.05, 3.63) is 65.4 Å². The third-order valence-corrected chi connectivity index (χ3v) is 3.77. The molecule has 4 nitrogen and oxygen atoms in total. The predicted octanol–water partition coefficient (Wildman–Crippen LogP) is 3.62. The number of nitrogens with zero attached hydrogens (tertiary/aromatic N) is 1. The van der Waals surface area contributed by atoms with E-state index in [0.717, 1.165) is 27.8 Å². The Balaban J connectivity index is 1.76. The minimum Gasteiger partial charge on any atom is -0.399 e. The van der Waals surface area contributed by atoms with Crippen LogP contribution in [0.2, 0.25) is 0 Å². The van der Waals surface area contributed by atoms with E-state index < -0.39 is 0 Å². The Kier molecular flexibility index (Phi) is 3.98. The van der Waals surface area contributed by atoms with Crippen LogP contribution in [0.4, 0.5) is 11.4 Å². The van der Waals surface area contributed by atoms with Gasteiger partial charge >= 0.3 is 0 Å². The minimum atomic E-state index is -0.0701. The van der Waals surface area contributed by atoms with E-state index in [9.17, 15) is 4.79 Å². The van der Waals surface area contributed by atoms with Crippen molar-refractivity contribution in [3.63, 3.8) is 0 Å². The molecule has 0 bridgehead atoms. The summed E-state index contributed by atoms with van der Waals surface area (Å²) in [6.07, 6.45) is 0.244. The van der Waals surface area contributed by atoms with Gasteiger partial charge in [-0.1, -0.05) is 23.8 Å². The van der Waals surface area contributed by atoms with Crippen LogP contribution in [0.25, 0.3) is 10.9 Å². The van der Waals surface area contributed by atoms with Crippen LogP contribution in [0.1, 0.15) is 16.8 Å². The van der Waals surface area contributed by atoms with E-state index >= 15 is 0 Å². The highest BCUT2D eigenvalue weighted by Gasteiger charge is 2.08. The van der Waals surface area contributed by atoms with Gasteiger partial charge in [-0.3, -0.25) is 9.78 Å². The molecule has 0 aliphatic rings. The van der Waals surface area contributed by atoms with Crippen LogP contribution in [0, 0.1) is 13.8 Å². The molecule has 3 N–H and O–H groups in total. The molecule has 116 valence electrons. The maximum absolute atomic E-state index is 12.2. The smallest absolute Gasteiger partial charge is 0.230 e. The Morgan fingerprint density at radius 3 is 2.70 bits per heavy atom. The van der Waals surface area contributed by atoms with Gasteiger partial charge in [0, 0.05) is 16.8 Å². The molecule has 0 aliphatic heterocycles. The van der Waals surface area contributed by atoms with E-state index in [1.165, 1.54) is 5.56 Å². The van der Waals surface area contributed by atoms with Gasteiger partial charge in [-0.05, 0) is 49.7 Å². The molecular weight excluding hydrogens is 286 g/mol. The van der Waals surface area contributed by atoms with E-state index in [-0.39, 0.29) is 12.3 Å². The van der Waals surface area contributed by atoms with Crippen molar-refractivity contribution in [2.75, 3.05) is 11.1 Å². The number of hydrogen-bond donors (Lipinski definition) is 2. The first-order chi connectivity index (χ1) is 11.0. The fourth-order valence-corrected chi connectivity index (χ4v) is 2.60. The van der Waals surface area contributed by atoms with Crippen LogP contribution in [-0.4, -0.2) is 10.9 Å². The van der Waals surface area contributed by atoms with Crippen molar-refractivity contribution in [3.8, 4) is 0 Å². The molecule has 0 radical (unpaired) electrons. The first-order valence-electron chi connectivity index (χ1n) is 7.53. The van der Waals surface area contributed by atoms with Gasteiger partial charge < -0.3 is 11.1 Å². The molecule has 3 rings (SSSR count). The Bertz CT molecular complexity index is 887. The first-order valence-corrected chi connectivity index (χ1v) is 7.53. The lowest BCUT2D eigenvalue weighted by molar-refractivity contribution is -0.115. The standard InChI is InChI=1S/C19H19N3O/c1-12-3-7-17(13(2)9-12)22-19(23)11-16-6-4-14-10-15(20)5-8-18(14)21-16/h3-10H,11,20H2,1-2H3,(H,22,23). The molecule has 0 fully saturated rings. The van der Waals surface area contributed by atoms with Crippen LogP contribution < -0.4 is 11.1 Å². The van der Waals surface area contributed by atoms with Gasteiger partial charge in [-0.15, -0.1) is 0 Å². The third kappa shape index (κ3) is 3.48. The Morgan fingerprint density at radius 2 is 1.91 bits per heavy atom. The van der Waals surface area contributed by atoms with Crippen LogP contribution in [0.3, 0.4) is 0 Å². The first kappa shape index (κ1) is 15.0. The molecule has 1 amide bonds. The SMILES string of the molecule is Cc1ccc(NC(=O)Cc2ccc3cc(N)ccc3n2)c(C)c1. The average molecular weight is 305 g/mol. The number of benzene rings is 2. The third-order valence-electron chi connectivity index (χ3n) is 3.77. The number of carbonyl (C=O) groups is 1. The largest absolute Gasteiger partial charge is 0.399 e. The molecule has 4 heteroatoms. The van der Waals surface area contributed by atoms with Gasteiger partial charge in [0.1, 0.15) is 0 Å². The minimum absolute atomic E-state index is 0.0701. The number of nitrogen functional groups attached to an aromatic ring is 1. The fraction of sp³-hybridized carbons (Fsp3) is 0.158. The fourth-order valence-electron chi connectivity index (χ4n) is 2.60. The van der Waals surface area contributed by atoms with Crippen molar-refractivity contribution < 1.29 is 4.79 Å². The van der Waals surface area contributed by atoms with Crippen LogP contribution in [0.5, 0.6) is 0 Å². The number of aryl methyl sites for hydroxylation is 2. The van der Waals surface area contributed by atoms with Crippen LogP contribution in [-0.2, 0) is 11.2 Å². The van der Waals surface area contributed by atoms with Gasteiger partial charge in [-0.25, -0.2) is 0 Å². The van der Waals surface area contributed by atoms with Gasteiger partial charge in [0.05, 0.1) is 17.6 Å². The van der Waals surface area contributed by atoms with E-state index in [2.05, 4.69) is 10.3 Å². The monoisotopic (exact) mass is 305 g/mol. The highest BCUT2D eigenvalue weighted by molar-refractivity contribution is 5.93. The van der Waals surface area contributed by atoms with E-state index in [1.807, 2.05) is 62.4 Å². The van der Waals surface area contributed by atoms with Crippen molar-refractivity contribution in [2.24, 2.45) is 0 Å². The highest BCUT2D eigenvalue weighted by atomic mass is 16.1. The molecule has 0 saturated heterocycles. The lowest BCUT2D eigenvalue weighted by Crippen LogP contribution is -2.16. The lowest BCUT2D eigenvalue weighted by Gasteiger charge is -2.09. The number of carbonyl (C=O) groups excluding carboxylic acids is 1. The Labute approximate surface area is 135 Å². The molecule has 3 aromatic rings. The van der Waals surface area contributed by atoms with Crippen molar-refractivity contribution in [1.82, 2.24) is 4.98 Å². The second-order valence-corrected chi connectivity index (χ2v) is 5.80. The number of nitrogens with two attached hydrogens (primary N) is 1. The molecule has 2 aromatic carbocycles. The quantitative estimate of drug-likeness (QED) is 0.726. The topological polar surface area (TPSA) is 68.0 Å². The summed E-state index contributed by atoms with van der Waals surface area (Å²) in [6.45, 7) is 4.02. The zero-order valence-corrected chi connectivity index (χ0v) is 13.3. The van der Waals surface area contributed by atoms with Gasteiger partial charge in [0.2, 0.25) is 5.91 Å². The zero-order valence-electron chi connectivity index (χ0n) is 13.3. The number of aromatic nitrogens is 1. The number of hydrogen-bond acceptors (Lipinski definition) is 3. The summed E-state index contributed by atoms with van der Waals surface area (Å²) >= 11 is 0. The summed E-state index contributed by atoms with van der Waals surface area (Å²) in [5.41, 5.74) is 11.1. The number of anilines is 2. The summed E-state index contributed by atoms with van der Waals surface area (Å²) < 4.78 is 0. The van der Waals surface area contributed by atoms with Crippen molar-refractivity contribution >= 4 is 28.2 Å². The molecule has 0 aliphatic carbocycles. The number of nitrogens with one attached hydrogen (secondary N) is 1. The average Bonchev–Trinajstić information content (AvgIpc) is 2.50. The van der Waals surface area contributed by atoms with E-state index in [0.29, 0.717) is 5.69 Å². The van der Waals surface area contributed by atoms with E-state index in [1.54, 1.807) is 0 Å². The molecular formula is C19H19N3O. The molecule has 0 spiro atoms. The normalized spacial score (nSPS) is 10.7. The molecule has 0 unspecified atom stereocenters. The Morgan fingerprint density at radius 1 is 1.09 bits per heavy atom. The maximum Gasteiger partial charge on any atom is 0.230 e. The molecule has 1 heterocycles. The zero-order chi connectivity index (χ0) is 16.4. The summed E-state index contributed by atoms with van der Waals surface area (Å²) in [5, 5.41) is 3.92. The summed E-state index contributed by atoms with van der Waals surface area (Å²) in [4.78, 5) is 16.8. The highest BCUT2D eigenvalue weighted by Crippen LogP contribution is 2.18.